The van der Waals surface area contributed by atoms with Gasteiger partial charge in [0.05, 0.1) is 12.8 Å². The zero-order chi connectivity index (χ0) is 13.1. The number of benzene rings is 1. The van der Waals surface area contributed by atoms with E-state index < -0.39 is 5.97 Å². The second-order valence-corrected chi connectivity index (χ2v) is 3.68. The minimum atomic E-state index is -1.10. The summed E-state index contributed by atoms with van der Waals surface area (Å²) in [7, 11) is 1.58. The highest BCUT2D eigenvalue weighted by molar-refractivity contribution is 5.86. The zero-order valence-electron chi connectivity index (χ0n) is 10.1. The van der Waals surface area contributed by atoms with Gasteiger partial charge in [0.25, 0.3) is 0 Å². The molecular formula is C13H13NO4. The third-order valence-corrected chi connectivity index (χ3v) is 2.56. The van der Waals surface area contributed by atoms with E-state index in [0.717, 1.165) is 11.3 Å². The molecule has 0 atom stereocenters. The van der Waals surface area contributed by atoms with Gasteiger partial charge in [0.15, 0.2) is 0 Å². The van der Waals surface area contributed by atoms with Gasteiger partial charge >= 0.3 is 5.97 Å². The van der Waals surface area contributed by atoms with Crippen molar-refractivity contribution in [3.05, 3.63) is 35.7 Å². The van der Waals surface area contributed by atoms with Gasteiger partial charge < -0.3 is 14.3 Å². The van der Waals surface area contributed by atoms with Gasteiger partial charge in [-0.25, -0.2) is 9.78 Å². The summed E-state index contributed by atoms with van der Waals surface area (Å²) in [6.45, 7) is 1.84. The van der Waals surface area contributed by atoms with Crippen LogP contribution in [0.4, 0.5) is 0 Å². The molecule has 18 heavy (non-hydrogen) atoms. The quantitative estimate of drug-likeness (QED) is 0.899. The summed E-state index contributed by atoms with van der Waals surface area (Å²) < 4.78 is 10.3. The summed E-state index contributed by atoms with van der Waals surface area (Å²) in [4.78, 5) is 15.2. The first kappa shape index (κ1) is 12.2. The molecule has 1 aromatic heterocycles. The van der Waals surface area contributed by atoms with Gasteiger partial charge in [-0.1, -0.05) is 6.92 Å². The molecule has 2 aromatic rings. The van der Waals surface area contributed by atoms with Crippen LogP contribution in [0.3, 0.4) is 0 Å². The highest BCUT2D eigenvalue weighted by Gasteiger charge is 2.18. The van der Waals surface area contributed by atoms with Crippen LogP contribution in [0, 0.1) is 0 Å². The summed E-state index contributed by atoms with van der Waals surface area (Å²) in [5.74, 6) is -0.159. The number of oxazole rings is 1. The normalized spacial score (nSPS) is 10.3. The number of hydrogen-bond acceptors (Lipinski definition) is 4. The van der Waals surface area contributed by atoms with E-state index in [1.807, 2.05) is 6.92 Å². The number of ether oxygens (including phenoxy) is 1. The highest BCUT2D eigenvalue weighted by atomic mass is 16.5. The van der Waals surface area contributed by atoms with Gasteiger partial charge in [0.1, 0.15) is 5.75 Å². The van der Waals surface area contributed by atoms with Crippen LogP contribution in [0.25, 0.3) is 11.5 Å². The standard InChI is InChI=1S/C13H13NO4/c1-3-10-11(13(15)16)18-12(14-10)8-4-6-9(17-2)7-5-8/h4-7H,3H2,1-2H3,(H,15,16). The van der Waals surface area contributed by atoms with Gasteiger partial charge in [0.2, 0.25) is 11.7 Å². The van der Waals surface area contributed by atoms with E-state index in [0.29, 0.717) is 18.0 Å². The average molecular weight is 247 g/mol. The Hall–Kier alpha value is -2.30. The van der Waals surface area contributed by atoms with E-state index in [1.165, 1.54) is 0 Å². The largest absolute Gasteiger partial charge is 0.497 e. The summed E-state index contributed by atoms with van der Waals surface area (Å²) in [5, 5.41) is 8.99. The van der Waals surface area contributed by atoms with Crippen LogP contribution < -0.4 is 4.74 Å². The van der Waals surface area contributed by atoms with Gasteiger partial charge in [-0.05, 0) is 30.7 Å². The Morgan fingerprint density at radius 3 is 2.50 bits per heavy atom. The molecule has 0 unspecified atom stereocenters. The Bertz CT molecular complexity index is 557. The third-order valence-electron chi connectivity index (χ3n) is 2.56. The van der Waals surface area contributed by atoms with Crippen LogP contribution in [0.5, 0.6) is 5.75 Å². The summed E-state index contributed by atoms with van der Waals surface area (Å²) in [6.07, 6.45) is 0.515. The highest BCUT2D eigenvalue weighted by Crippen LogP contribution is 2.24. The number of methoxy groups -OCH3 is 1. The first-order valence-electron chi connectivity index (χ1n) is 5.53. The lowest BCUT2D eigenvalue weighted by Gasteiger charge is -1.99. The van der Waals surface area contributed by atoms with Crippen LogP contribution in [0.15, 0.2) is 28.7 Å². The molecule has 0 radical (unpaired) electrons. The molecule has 1 N–H and O–H groups in total. The first-order chi connectivity index (χ1) is 8.65. The Morgan fingerprint density at radius 2 is 2.06 bits per heavy atom. The van der Waals surface area contributed by atoms with Gasteiger partial charge in [-0.2, -0.15) is 0 Å². The summed E-state index contributed by atoms with van der Waals surface area (Å²) in [5.41, 5.74) is 1.17. The SMILES string of the molecule is CCc1nc(-c2ccc(OC)cc2)oc1C(=O)O. The maximum Gasteiger partial charge on any atom is 0.373 e. The lowest BCUT2D eigenvalue weighted by atomic mass is 10.2. The molecule has 1 heterocycles. The van der Waals surface area contributed by atoms with Crippen molar-refractivity contribution in [1.82, 2.24) is 4.98 Å². The molecule has 5 heteroatoms. The molecule has 0 aliphatic heterocycles. The number of carbonyl (C=O) groups is 1. The van der Waals surface area contributed by atoms with E-state index >= 15 is 0 Å². The predicted molar refractivity (Wildman–Crippen MR) is 64.8 cm³/mol. The molecule has 0 saturated carbocycles. The molecule has 0 aliphatic carbocycles. The van der Waals surface area contributed by atoms with Gasteiger partial charge in [0, 0.05) is 5.56 Å². The number of hydrogen-bond donors (Lipinski definition) is 1. The fourth-order valence-electron chi connectivity index (χ4n) is 1.62. The molecule has 1 aromatic carbocycles. The molecule has 0 amide bonds. The van der Waals surface area contributed by atoms with E-state index in [2.05, 4.69) is 4.98 Å². The van der Waals surface area contributed by atoms with Crippen LogP contribution in [-0.2, 0) is 6.42 Å². The second kappa shape index (κ2) is 4.91. The minimum absolute atomic E-state index is 0.0941. The lowest BCUT2D eigenvalue weighted by Crippen LogP contribution is -1.98. The summed E-state index contributed by atoms with van der Waals surface area (Å²) >= 11 is 0. The predicted octanol–water partition coefficient (Wildman–Crippen LogP) is 2.61. The monoisotopic (exact) mass is 247 g/mol. The fraction of sp³-hybridized carbons (Fsp3) is 0.231. The Morgan fingerprint density at radius 1 is 1.39 bits per heavy atom. The van der Waals surface area contributed by atoms with E-state index in [4.69, 9.17) is 14.3 Å². The van der Waals surface area contributed by atoms with Crippen molar-refractivity contribution in [2.45, 2.75) is 13.3 Å². The molecule has 0 saturated heterocycles. The average Bonchev–Trinajstić information content (AvgIpc) is 2.83. The Labute approximate surface area is 104 Å². The number of aryl methyl sites for hydroxylation is 1. The Balaban J connectivity index is 2.40. The number of aromatic carboxylic acids is 1. The van der Waals surface area contributed by atoms with Crippen LogP contribution >= 0.6 is 0 Å². The third kappa shape index (κ3) is 2.20. The number of carboxylic acids is 1. The number of aromatic nitrogens is 1. The van der Waals surface area contributed by atoms with Gasteiger partial charge in [-0.15, -0.1) is 0 Å². The second-order valence-electron chi connectivity index (χ2n) is 3.68. The van der Waals surface area contributed by atoms with Crippen molar-refractivity contribution in [2.24, 2.45) is 0 Å². The van der Waals surface area contributed by atoms with Gasteiger partial charge in [-0.3, -0.25) is 0 Å². The topological polar surface area (TPSA) is 72.6 Å². The van der Waals surface area contributed by atoms with Crippen molar-refractivity contribution in [2.75, 3.05) is 7.11 Å². The molecule has 0 bridgehead atoms. The van der Waals surface area contributed by atoms with E-state index in [9.17, 15) is 4.79 Å². The van der Waals surface area contributed by atoms with Crippen LogP contribution in [0.2, 0.25) is 0 Å². The maximum atomic E-state index is 11.0. The smallest absolute Gasteiger partial charge is 0.373 e. The summed E-state index contributed by atoms with van der Waals surface area (Å²) in [6, 6.07) is 7.09. The number of rotatable bonds is 4. The molecule has 0 aliphatic rings. The molecular weight excluding hydrogens is 234 g/mol. The van der Waals surface area contributed by atoms with Crippen LogP contribution in [0.1, 0.15) is 23.2 Å². The van der Waals surface area contributed by atoms with Crippen molar-refractivity contribution in [3.63, 3.8) is 0 Å². The van der Waals surface area contributed by atoms with Crippen molar-refractivity contribution in [3.8, 4) is 17.2 Å². The van der Waals surface area contributed by atoms with E-state index in [-0.39, 0.29) is 5.76 Å². The minimum Gasteiger partial charge on any atom is -0.497 e. The Kier molecular flexibility index (Phi) is 3.32. The maximum absolute atomic E-state index is 11.0. The zero-order valence-corrected chi connectivity index (χ0v) is 10.1. The molecule has 5 nitrogen and oxygen atoms in total. The molecule has 2 rings (SSSR count). The van der Waals surface area contributed by atoms with Crippen molar-refractivity contribution >= 4 is 5.97 Å². The molecule has 0 fully saturated rings. The lowest BCUT2D eigenvalue weighted by molar-refractivity contribution is 0.0662. The molecule has 94 valence electrons. The van der Waals surface area contributed by atoms with Crippen LogP contribution in [-0.4, -0.2) is 23.2 Å². The first-order valence-corrected chi connectivity index (χ1v) is 5.53. The van der Waals surface area contributed by atoms with E-state index in [1.54, 1.807) is 31.4 Å². The van der Waals surface area contributed by atoms with Crippen molar-refractivity contribution < 1.29 is 19.1 Å². The van der Waals surface area contributed by atoms with Crippen molar-refractivity contribution in [1.29, 1.82) is 0 Å². The number of carboxylic acid groups (broad SMARTS) is 1. The fourth-order valence-corrected chi connectivity index (χ4v) is 1.62. The molecule has 0 spiro atoms. The number of nitrogens with zero attached hydrogens (tertiary/aromatic N) is 1.